The molecular weight excluding hydrogens is 1460 g/mol. The zero-order valence-electron chi connectivity index (χ0n) is 58.8. The van der Waals surface area contributed by atoms with Gasteiger partial charge in [0.05, 0.1) is 10.6 Å². The second-order valence-electron chi connectivity index (χ2n) is 23.3. The fraction of sp³-hybridized carbons (Fsp3) is 0.299. The van der Waals surface area contributed by atoms with Crippen molar-refractivity contribution in [3.63, 3.8) is 0 Å². The maximum Gasteiger partial charge on any atom is 0.573 e. The van der Waals surface area contributed by atoms with Gasteiger partial charge in [-0.1, -0.05) is 82.8 Å². The Morgan fingerprint density at radius 2 is 0.608 bits per heavy atom. The van der Waals surface area contributed by atoms with Crippen molar-refractivity contribution in [3.05, 3.63) is 299 Å². The van der Waals surface area contributed by atoms with E-state index < -0.39 is 72.4 Å². The molecule has 9 aromatic rings. The Labute approximate surface area is 603 Å². The number of ether oxygens (including phenoxy) is 2. The van der Waals surface area contributed by atoms with E-state index in [1.165, 1.54) is 95.1 Å². The van der Waals surface area contributed by atoms with Gasteiger partial charge < -0.3 is 9.47 Å². The molecule has 9 rings (SSSR count). The Kier molecular flexibility index (Phi) is 38.3. The highest BCUT2D eigenvalue weighted by molar-refractivity contribution is 6.32. The first-order valence-electron chi connectivity index (χ1n) is 30.3. The summed E-state index contributed by atoms with van der Waals surface area (Å²) in [4.78, 5) is 0. The number of benzene rings is 9. The molecule has 558 valence electrons. The molecule has 0 spiro atoms. The van der Waals surface area contributed by atoms with Crippen LogP contribution in [0, 0.1) is 165 Å². The van der Waals surface area contributed by atoms with Crippen molar-refractivity contribution in [1.82, 2.24) is 0 Å². The van der Waals surface area contributed by atoms with Crippen LogP contribution in [0.2, 0.25) is 20.1 Å². The van der Waals surface area contributed by atoms with Crippen LogP contribution in [0.15, 0.2) is 121 Å². The van der Waals surface area contributed by atoms with Crippen molar-refractivity contribution < 1.29 is 92.9 Å². The van der Waals surface area contributed by atoms with Gasteiger partial charge >= 0.3 is 19.2 Å². The van der Waals surface area contributed by atoms with Crippen molar-refractivity contribution in [2.75, 3.05) is 0 Å². The first kappa shape index (κ1) is 92.4. The molecule has 102 heavy (non-hydrogen) atoms. The van der Waals surface area contributed by atoms with E-state index in [2.05, 4.69) is 21.6 Å². The first-order chi connectivity index (χ1) is 46.8. The zero-order chi connectivity index (χ0) is 78.9. The van der Waals surface area contributed by atoms with Gasteiger partial charge in [-0.3, -0.25) is 0 Å². The number of hydrogen-bond acceptors (Lipinski definition) is 2. The van der Waals surface area contributed by atoms with Gasteiger partial charge in [-0.05, 0) is 293 Å². The number of rotatable bonds is 5. The van der Waals surface area contributed by atoms with E-state index in [4.69, 9.17) is 46.4 Å². The third kappa shape index (κ3) is 32.4. The smallest absolute Gasteiger partial charge is 0.434 e. The fourth-order valence-electron chi connectivity index (χ4n) is 8.17. The summed E-state index contributed by atoms with van der Waals surface area (Å²) in [7, 11) is 0. The molecule has 0 N–H and O–H groups in total. The second-order valence-corrected chi connectivity index (χ2v) is 24.9. The minimum absolute atomic E-state index is 0.0376. The highest BCUT2D eigenvalue weighted by Crippen LogP contribution is 2.35. The van der Waals surface area contributed by atoms with Crippen LogP contribution < -0.4 is 9.47 Å². The molecule has 0 aromatic heterocycles. The third-order valence-corrected chi connectivity index (χ3v) is 15.9. The molecule has 0 fully saturated rings. The van der Waals surface area contributed by atoms with Crippen molar-refractivity contribution in [2.24, 2.45) is 0 Å². The van der Waals surface area contributed by atoms with E-state index in [0.29, 0.717) is 38.4 Å². The first-order valence-corrected chi connectivity index (χ1v) is 31.8. The van der Waals surface area contributed by atoms with E-state index in [1.54, 1.807) is 59.7 Å². The number of aryl methyl sites for hydroxylation is 12. The Morgan fingerprint density at radius 3 is 0.941 bits per heavy atom. The summed E-state index contributed by atoms with van der Waals surface area (Å²) in [5.41, 5.74) is 8.07. The lowest BCUT2D eigenvalue weighted by molar-refractivity contribution is -0.274. The molecule has 0 saturated carbocycles. The van der Waals surface area contributed by atoms with E-state index in [-0.39, 0.29) is 66.9 Å². The lowest BCUT2D eigenvalue weighted by Crippen LogP contribution is -2.18. The maximum atomic E-state index is 13.0. The molecule has 2 nitrogen and oxygen atoms in total. The summed E-state index contributed by atoms with van der Waals surface area (Å²) in [5, 5.41) is 2.45. The van der Waals surface area contributed by atoms with Crippen molar-refractivity contribution in [2.45, 2.75) is 157 Å². The number of halogens is 23. The molecule has 0 aliphatic carbocycles. The Balaban J connectivity index is 0.000000576. The lowest BCUT2D eigenvalue weighted by atomic mass is 10.0. The van der Waals surface area contributed by atoms with Gasteiger partial charge in [0.15, 0.2) is 0 Å². The second kappa shape index (κ2) is 42.2. The summed E-state index contributed by atoms with van der Waals surface area (Å²) in [6.45, 7) is 26.3. The Morgan fingerprint density at radius 1 is 0.304 bits per heavy atom. The highest BCUT2D eigenvalue weighted by atomic mass is 35.5. The SMILES string of the molecule is Cc1cc(F)c(C)c(C(F)(F)F)c1.Cc1cc(F)c(C)c(C(F)F)c1.Cc1cc(F)c(C)c(C(F)F)c1.Cc1cc(F)c(C)c(Cl)c1.Cc1cc(F)c(C)c(OC(F)(F)F)c1.Cc1cc(F)c(C)c(OC(F)F)c1.Cc1ccc(C)c(Cl)c1.Cc1ccc(C)c(Cl)c1.Cc1ccc(C)c(Cl)c1F. The van der Waals surface area contributed by atoms with Crippen LogP contribution >= 0.6 is 46.4 Å². The summed E-state index contributed by atoms with van der Waals surface area (Å²) < 4.78 is 243. The van der Waals surface area contributed by atoms with Gasteiger partial charge in [0.1, 0.15) is 52.2 Å². The minimum atomic E-state index is -4.79. The normalized spacial score (nSPS) is 10.7. The zero-order valence-corrected chi connectivity index (χ0v) is 61.8. The number of alkyl halides is 12. The molecule has 0 aliphatic rings. The Hall–Kier alpha value is -7.59. The monoisotopic (exact) mass is 1530 g/mol. The molecule has 0 aliphatic heterocycles. The molecule has 0 heterocycles. The van der Waals surface area contributed by atoms with Crippen LogP contribution in [-0.2, 0) is 6.18 Å². The summed E-state index contributed by atoms with van der Waals surface area (Å²) in [6.07, 6.45) is -14.5. The molecule has 9 aromatic carbocycles. The quantitative estimate of drug-likeness (QED) is 0.160. The van der Waals surface area contributed by atoms with Crippen molar-refractivity contribution >= 4 is 46.4 Å². The van der Waals surface area contributed by atoms with Gasteiger partial charge in [-0.2, -0.15) is 22.0 Å². The minimum Gasteiger partial charge on any atom is -0.434 e. The van der Waals surface area contributed by atoms with Crippen LogP contribution in [0.25, 0.3) is 0 Å². The van der Waals surface area contributed by atoms with Crippen molar-refractivity contribution in [3.8, 4) is 11.5 Å². The van der Waals surface area contributed by atoms with Gasteiger partial charge in [-0.15, -0.1) is 13.2 Å². The summed E-state index contributed by atoms with van der Waals surface area (Å²) in [6, 6.07) is 30.9. The van der Waals surface area contributed by atoms with Crippen LogP contribution in [0.4, 0.5) is 83.4 Å². The van der Waals surface area contributed by atoms with E-state index in [1.807, 2.05) is 58.9 Å². The predicted molar refractivity (Wildman–Crippen MR) is 371 cm³/mol. The standard InChI is InChI=1S/C9H8F4O.C9H8F4.C9H9F3O.2C9H9F3.2C8H8ClF.2C8H9Cl/c1-5-3-7(10)6(2)8(4-5)14-9(11,12)13;1-5-3-7(9(11,12)13)6(2)8(10)4-5;1-5-3-7(10)6(2)8(4-5)13-9(11)12;2*1-5-3-7(9(11)12)6(2)8(10)4-5;1-5-3-7(9)6(2)8(10)4-5;1-5-3-4-6(2)8(10)7(5)9;2*1-6-3-4-7(2)8(9)5-6/h3-4H,1-2H3;3-4H,1-2H3;3-4,9H,1-2H3;2*3-4,9H,1-2H3;2*3-4H,1-2H3;2*3-5H,1-2H3. The third-order valence-electron chi connectivity index (χ3n) is 14.2. The average molecular weight is 1540 g/mol. The molecule has 0 unspecified atom stereocenters. The van der Waals surface area contributed by atoms with E-state index in [9.17, 15) is 83.4 Å². The molecular formula is C77H77Cl4F19O2. The topological polar surface area (TPSA) is 18.5 Å². The summed E-state index contributed by atoms with van der Waals surface area (Å²) in [5.74, 6) is -4.31. The van der Waals surface area contributed by atoms with Crippen LogP contribution in [0.3, 0.4) is 0 Å². The molecule has 0 bridgehead atoms. The molecule has 0 radical (unpaired) electrons. The lowest BCUT2D eigenvalue weighted by Gasteiger charge is -2.12. The van der Waals surface area contributed by atoms with E-state index >= 15 is 0 Å². The van der Waals surface area contributed by atoms with E-state index in [0.717, 1.165) is 63.5 Å². The maximum absolute atomic E-state index is 13.0. The average Bonchev–Trinajstić information content (AvgIpc) is 0.820. The van der Waals surface area contributed by atoms with Gasteiger partial charge in [0.2, 0.25) is 0 Å². The van der Waals surface area contributed by atoms with Gasteiger partial charge in [0, 0.05) is 42.9 Å². The summed E-state index contributed by atoms with van der Waals surface area (Å²) >= 11 is 22.9. The number of hydrogen-bond donors (Lipinski definition) is 0. The molecule has 0 saturated heterocycles. The predicted octanol–water partition coefficient (Wildman–Crippen LogP) is 28.7. The van der Waals surface area contributed by atoms with Crippen LogP contribution in [0.5, 0.6) is 11.5 Å². The van der Waals surface area contributed by atoms with Gasteiger partial charge in [0.25, 0.3) is 12.9 Å². The van der Waals surface area contributed by atoms with Crippen LogP contribution in [-0.4, -0.2) is 13.0 Å². The Bertz CT molecular complexity index is 4050. The van der Waals surface area contributed by atoms with Crippen molar-refractivity contribution in [1.29, 1.82) is 0 Å². The van der Waals surface area contributed by atoms with Gasteiger partial charge in [-0.25, -0.2) is 48.3 Å². The highest BCUT2D eigenvalue weighted by Gasteiger charge is 2.34. The largest absolute Gasteiger partial charge is 0.573 e. The van der Waals surface area contributed by atoms with Crippen LogP contribution in [0.1, 0.15) is 130 Å². The molecule has 25 heteroatoms. The molecule has 0 atom stereocenters. The molecule has 0 amide bonds. The fourth-order valence-corrected chi connectivity index (χ4v) is 9.11.